The second-order valence-corrected chi connectivity index (χ2v) is 5.75. The molecule has 1 aliphatic heterocycles. The Bertz CT molecular complexity index is 404. The van der Waals surface area contributed by atoms with Crippen molar-refractivity contribution < 1.29 is 4.79 Å². The van der Waals surface area contributed by atoms with Crippen LogP contribution in [-0.2, 0) is 0 Å². The summed E-state index contributed by atoms with van der Waals surface area (Å²) >= 11 is 3.34. The van der Waals surface area contributed by atoms with Crippen molar-refractivity contribution in [1.29, 1.82) is 0 Å². The van der Waals surface area contributed by atoms with Gasteiger partial charge in [-0.1, -0.05) is 0 Å². The number of H-pyrrole nitrogens is 1. The van der Waals surface area contributed by atoms with Crippen LogP contribution in [0.3, 0.4) is 0 Å². The number of amides is 1. The smallest absolute Gasteiger partial charge is 0.270 e. The molecule has 0 bridgehead atoms. The molecular formula is C12H18BrN3O. The van der Waals surface area contributed by atoms with Crippen molar-refractivity contribution in [2.75, 3.05) is 33.7 Å². The highest BCUT2D eigenvalue weighted by molar-refractivity contribution is 9.10. The molecule has 0 aliphatic carbocycles. The average Bonchev–Trinajstić information content (AvgIpc) is 2.87. The van der Waals surface area contributed by atoms with Gasteiger partial charge >= 0.3 is 0 Å². The van der Waals surface area contributed by atoms with Crippen molar-refractivity contribution in [2.24, 2.45) is 5.92 Å². The Kier molecular flexibility index (Phi) is 3.89. The van der Waals surface area contributed by atoms with Crippen LogP contribution in [0.15, 0.2) is 16.7 Å². The molecule has 2 rings (SSSR count). The Morgan fingerprint density at radius 1 is 1.71 bits per heavy atom. The summed E-state index contributed by atoms with van der Waals surface area (Å²) in [6.45, 7) is 3.06. The topological polar surface area (TPSA) is 39.3 Å². The lowest BCUT2D eigenvalue weighted by Gasteiger charge is -2.20. The van der Waals surface area contributed by atoms with Gasteiger partial charge < -0.3 is 14.8 Å². The lowest BCUT2D eigenvalue weighted by atomic mass is 10.1. The van der Waals surface area contributed by atoms with Gasteiger partial charge in [0.15, 0.2) is 0 Å². The molecular weight excluding hydrogens is 282 g/mol. The predicted molar refractivity (Wildman–Crippen MR) is 71.1 cm³/mol. The summed E-state index contributed by atoms with van der Waals surface area (Å²) in [5.74, 6) is 0.664. The summed E-state index contributed by atoms with van der Waals surface area (Å²) in [6.07, 6.45) is 2.97. The molecule has 1 N–H and O–H groups in total. The van der Waals surface area contributed by atoms with E-state index in [1.165, 1.54) is 6.42 Å². The van der Waals surface area contributed by atoms with Gasteiger partial charge in [0.25, 0.3) is 5.91 Å². The fourth-order valence-corrected chi connectivity index (χ4v) is 2.69. The average molecular weight is 300 g/mol. The zero-order valence-corrected chi connectivity index (χ0v) is 11.8. The van der Waals surface area contributed by atoms with Crippen LogP contribution in [0.4, 0.5) is 0 Å². The number of nitrogens with zero attached hydrogens (tertiary/aromatic N) is 2. The third-order valence-corrected chi connectivity index (χ3v) is 3.70. The van der Waals surface area contributed by atoms with Crippen LogP contribution >= 0.6 is 15.9 Å². The van der Waals surface area contributed by atoms with E-state index in [0.29, 0.717) is 11.6 Å². The number of halogens is 1. The van der Waals surface area contributed by atoms with E-state index < -0.39 is 0 Å². The minimum Gasteiger partial charge on any atom is -0.356 e. The maximum Gasteiger partial charge on any atom is 0.270 e. The van der Waals surface area contributed by atoms with Crippen molar-refractivity contribution in [3.8, 4) is 0 Å². The zero-order chi connectivity index (χ0) is 12.4. The van der Waals surface area contributed by atoms with E-state index in [1.54, 1.807) is 6.20 Å². The van der Waals surface area contributed by atoms with Crippen LogP contribution in [-0.4, -0.2) is 54.4 Å². The fraction of sp³-hybridized carbons (Fsp3) is 0.583. The number of nitrogens with one attached hydrogen (secondary N) is 1. The molecule has 0 radical (unpaired) electrons. The van der Waals surface area contributed by atoms with Crippen LogP contribution < -0.4 is 0 Å². The van der Waals surface area contributed by atoms with Crippen LogP contribution in [0.1, 0.15) is 16.9 Å². The summed E-state index contributed by atoms with van der Waals surface area (Å²) in [7, 11) is 4.00. The highest BCUT2D eigenvalue weighted by Crippen LogP contribution is 2.17. The van der Waals surface area contributed by atoms with E-state index in [-0.39, 0.29) is 5.91 Å². The normalized spacial score (nSPS) is 20.8. The van der Waals surface area contributed by atoms with Gasteiger partial charge in [-0.05, 0) is 47.9 Å². The summed E-state index contributed by atoms with van der Waals surface area (Å²) < 4.78 is 0.912. The maximum absolute atomic E-state index is 12.1. The largest absolute Gasteiger partial charge is 0.356 e. The van der Waals surface area contributed by atoms with Gasteiger partial charge in [-0.25, -0.2) is 0 Å². The minimum atomic E-state index is 0.0604. The van der Waals surface area contributed by atoms with Gasteiger partial charge in [0, 0.05) is 30.8 Å². The second-order valence-electron chi connectivity index (χ2n) is 4.83. The third kappa shape index (κ3) is 3.10. The van der Waals surface area contributed by atoms with E-state index >= 15 is 0 Å². The van der Waals surface area contributed by atoms with E-state index in [4.69, 9.17) is 0 Å². The molecule has 94 valence electrons. The number of hydrogen-bond donors (Lipinski definition) is 1. The SMILES string of the molecule is CN1CCC(CN(C)C(=O)c2cc(Br)c[nH]2)C1. The first-order valence-electron chi connectivity index (χ1n) is 5.84. The molecule has 1 aliphatic rings. The van der Waals surface area contributed by atoms with E-state index in [0.717, 1.165) is 24.1 Å². The monoisotopic (exact) mass is 299 g/mol. The molecule has 4 nitrogen and oxygen atoms in total. The number of likely N-dealkylation sites (tertiary alicyclic amines) is 1. The van der Waals surface area contributed by atoms with Crippen LogP contribution in [0.5, 0.6) is 0 Å². The number of hydrogen-bond acceptors (Lipinski definition) is 2. The van der Waals surface area contributed by atoms with Crippen molar-refractivity contribution in [3.63, 3.8) is 0 Å². The summed E-state index contributed by atoms with van der Waals surface area (Å²) in [5, 5.41) is 0. The number of carbonyl (C=O) groups is 1. The summed E-state index contributed by atoms with van der Waals surface area (Å²) in [4.78, 5) is 19.2. The molecule has 0 saturated carbocycles. The molecule has 17 heavy (non-hydrogen) atoms. The van der Waals surface area contributed by atoms with E-state index in [2.05, 4.69) is 32.9 Å². The highest BCUT2D eigenvalue weighted by Gasteiger charge is 2.23. The first-order valence-corrected chi connectivity index (χ1v) is 6.63. The summed E-state index contributed by atoms with van der Waals surface area (Å²) in [5.41, 5.74) is 0.644. The van der Waals surface area contributed by atoms with Gasteiger partial charge in [-0.15, -0.1) is 0 Å². The first-order chi connectivity index (χ1) is 8.06. The minimum absolute atomic E-state index is 0.0604. The van der Waals surface area contributed by atoms with Crippen molar-refractivity contribution >= 4 is 21.8 Å². The van der Waals surface area contributed by atoms with Gasteiger partial charge in [-0.2, -0.15) is 0 Å². The van der Waals surface area contributed by atoms with Crippen LogP contribution in [0, 0.1) is 5.92 Å². The summed E-state index contributed by atoms with van der Waals surface area (Å²) in [6, 6.07) is 1.82. The van der Waals surface area contributed by atoms with E-state index in [1.807, 2.05) is 18.0 Å². The van der Waals surface area contributed by atoms with E-state index in [9.17, 15) is 4.79 Å². The van der Waals surface area contributed by atoms with Gasteiger partial charge in [0.05, 0.1) is 0 Å². The van der Waals surface area contributed by atoms with Crippen LogP contribution in [0.2, 0.25) is 0 Å². The molecule has 1 aromatic heterocycles. The zero-order valence-electron chi connectivity index (χ0n) is 10.2. The molecule has 0 spiro atoms. The highest BCUT2D eigenvalue weighted by atomic mass is 79.9. The molecule has 5 heteroatoms. The van der Waals surface area contributed by atoms with Crippen molar-refractivity contribution in [2.45, 2.75) is 6.42 Å². The number of carbonyl (C=O) groups excluding carboxylic acids is 1. The number of aromatic amines is 1. The van der Waals surface area contributed by atoms with Crippen LogP contribution in [0.25, 0.3) is 0 Å². The molecule has 1 amide bonds. The second kappa shape index (κ2) is 5.23. The van der Waals surface area contributed by atoms with Crippen molar-refractivity contribution in [3.05, 3.63) is 22.4 Å². The Labute approximate surface area is 110 Å². The quantitative estimate of drug-likeness (QED) is 0.924. The van der Waals surface area contributed by atoms with Gasteiger partial charge in [0.2, 0.25) is 0 Å². The Balaban J connectivity index is 1.91. The fourth-order valence-electron chi connectivity index (χ4n) is 2.34. The van der Waals surface area contributed by atoms with Gasteiger partial charge in [0.1, 0.15) is 5.69 Å². The molecule has 1 unspecified atom stereocenters. The molecule has 2 heterocycles. The Hall–Kier alpha value is -0.810. The lowest BCUT2D eigenvalue weighted by molar-refractivity contribution is 0.0769. The Morgan fingerprint density at radius 2 is 2.47 bits per heavy atom. The lowest BCUT2D eigenvalue weighted by Crippen LogP contribution is -2.33. The predicted octanol–water partition coefficient (Wildman–Crippen LogP) is 1.80. The maximum atomic E-state index is 12.1. The van der Waals surface area contributed by atoms with Gasteiger partial charge in [-0.3, -0.25) is 4.79 Å². The number of aromatic nitrogens is 1. The standard InChI is InChI=1S/C12H18BrN3O/c1-15-4-3-9(7-15)8-16(2)12(17)11-5-10(13)6-14-11/h5-6,9,14H,3-4,7-8H2,1-2H3. The molecule has 1 aromatic rings. The van der Waals surface area contributed by atoms with Crippen molar-refractivity contribution in [1.82, 2.24) is 14.8 Å². The Morgan fingerprint density at radius 3 is 3.00 bits per heavy atom. The number of rotatable bonds is 3. The molecule has 1 saturated heterocycles. The first kappa shape index (κ1) is 12.6. The molecule has 1 fully saturated rings. The third-order valence-electron chi connectivity index (χ3n) is 3.25. The molecule has 1 atom stereocenters. The molecule has 0 aromatic carbocycles.